The Labute approximate surface area is 90.9 Å². The zero-order valence-electron chi connectivity index (χ0n) is 9.33. The van der Waals surface area contributed by atoms with Crippen LogP contribution in [0.5, 0.6) is 5.75 Å². The van der Waals surface area contributed by atoms with Crippen molar-refractivity contribution in [3.05, 3.63) is 41.5 Å². The molecule has 2 heteroatoms. The monoisotopic (exact) mass is 206 g/mol. The molecule has 0 aliphatic rings. The van der Waals surface area contributed by atoms with E-state index in [1.54, 1.807) is 6.08 Å². The maximum atomic E-state index is 9.86. The van der Waals surface area contributed by atoms with Crippen LogP contribution in [0.1, 0.15) is 35.6 Å². The van der Waals surface area contributed by atoms with Crippen LogP contribution in [0.2, 0.25) is 0 Å². The molecule has 0 bridgehead atoms. The van der Waals surface area contributed by atoms with Crippen molar-refractivity contribution >= 4 is 0 Å². The molecule has 2 nitrogen and oxygen atoms in total. The van der Waals surface area contributed by atoms with Gasteiger partial charge in [0, 0.05) is 0 Å². The molecule has 2 N–H and O–H groups in total. The van der Waals surface area contributed by atoms with Crippen molar-refractivity contribution in [1.82, 2.24) is 0 Å². The number of rotatable bonds is 4. The van der Waals surface area contributed by atoms with Crippen LogP contribution < -0.4 is 0 Å². The number of hydrogen-bond donors (Lipinski definition) is 2. The van der Waals surface area contributed by atoms with Crippen LogP contribution in [0, 0.1) is 13.8 Å². The van der Waals surface area contributed by atoms with E-state index >= 15 is 0 Å². The molecule has 0 aliphatic heterocycles. The molecule has 82 valence electrons. The van der Waals surface area contributed by atoms with Crippen LogP contribution in [0.25, 0.3) is 0 Å². The Morgan fingerprint density at radius 3 is 2.33 bits per heavy atom. The van der Waals surface area contributed by atoms with Gasteiger partial charge in [-0.05, 0) is 55.5 Å². The number of aliphatic hydroxyl groups is 1. The highest BCUT2D eigenvalue weighted by atomic mass is 16.3. The van der Waals surface area contributed by atoms with Crippen LogP contribution in [0.15, 0.2) is 24.8 Å². The van der Waals surface area contributed by atoms with Crippen molar-refractivity contribution in [3.8, 4) is 5.75 Å². The summed E-state index contributed by atoms with van der Waals surface area (Å²) in [6.07, 6.45) is 2.79. The Bertz CT molecular complexity index is 333. The fourth-order valence-corrected chi connectivity index (χ4v) is 1.62. The van der Waals surface area contributed by atoms with Crippen molar-refractivity contribution in [2.75, 3.05) is 0 Å². The first-order valence-electron chi connectivity index (χ1n) is 5.15. The molecule has 1 atom stereocenters. The fourth-order valence-electron chi connectivity index (χ4n) is 1.62. The molecule has 0 heterocycles. The van der Waals surface area contributed by atoms with E-state index in [0.29, 0.717) is 12.2 Å². The first-order valence-corrected chi connectivity index (χ1v) is 5.15. The highest BCUT2D eigenvalue weighted by molar-refractivity contribution is 5.42. The predicted octanol–water partition coefficient (Wildman–Crippen LogP) is 3.01. The van der Waals surface area contributed by atoms with Gasteiger partial charge in [0.1, 0.15) is 5.75 Å². The topological polar surface area (TPSA) is 40.5 Å². The maximum Gasteiger partial charge on any atom is 0.121 e. The van der Waals surface area contributed by atoms with E-state index in [2.05, 4.69) is 6.58 Å². The molecule has 0 saturated heterocycles. The molecule has 0 amide bonds. The van der Waals surface area contributed by atoms with Gasteiger partial charge in [0.05, 0.1) is 6.10 Å². The van der Waals surface area contributed by atoms with Crippen LogP contribution >= 0.6 is 0 Å². The number of benzene rings is 1. The Balaban J connectivity index is 2.90. The van der Waals surface area contributed by atoms with Gasteiger partial charge in [-0.15, -0.1) is 6.58 Å². The summed E-state index contributed by atoms with van der Waals surface area (Å²) in [5.74, 6) is 0.315. The molecule has 1 aromatic rings. The average Bonchev–Trinajstić information content (AvgIpc) is 2.21. The van der Waals surface area contributed by atoms with Gasteiger partial charge in [0.25, 0.3) is 0 Å². The smallest absolute Gasteiger partial charge is 0.121 e. The second kappa shape index (κ2) is 4.99. The molecular formula is C13H18O2. The van der Waals surface area contributed by atoms with Crippen LogP contribution in [-0.4, -0.2) is 10.2 Å². The lowest BCUT2D eigenvalue weighted by molar-refractivity contribution is 0.168. The van der Waals surface area contributed by atoms with Gasteiger partial charge >= 0.3 is 0 Å². The number of aliphatic hydroxyl groups excluding tert-OH is 1. The third-order valence-electron chi connectivity index (χ3n) is 2.54. The summed E-state index contributed by atoms with van der Waals surface area (Å²) < 4.78 is 0. The van der Waals surface area contributed by atoms with Gasteiger partial charge in [-0.2, -0.15) is 0 Å². The summed E-state index contributed by atoms with van der Waals surface area (Å²) in [6, 6.07) is 3.66. The zero-order chi connectivity index (χ0) is 11.4. The Hall–Kier alpha value is -1.28. The lowest BCUT2D eigenvalue weighted by Gasteiger charge is -2.13. The summed E-state index contributed by atoms with van der Waals surface area (Å²) in [7, 11) is 0. The van der Waals surface area contributed by atoms with Crippen molar-refractivity contribution in [1.29, 1.82) is 0 Å². The quantitative estimate of drug-likeness (QED) is 0.743. The van der Waals surface area contributed by atoms with Crippen molar-refractivity contribution in [2.45, 2.75) is 32.8 Å². The van der Waals surface area contributed by atoms with Crippen LogP contribution in [-0.2, 0) is 0 Å². The number of phenolic OH excluding ortho intramolecular Hbond substituents is 1. The number of phenols is 1. The normalized spacial score (nSPS) is 12.5. The summed E-state index contributed by atoms with van der Waals surface area (Å²) in [5.41, 5.74) is 2.48. The molecule has 1 unspecified atom stereocenters. The Morgan fingerprint density at radius 1 is 1.33 bits per heavy atom. The second-order valence-electron chi connectivity index (χ2n) is 3.89. The SMILES string of the molecule is C=CCCC(O)c1cc(C)c(O)c(C)c1. The molecule has 1 rings (SSSR count). The largest absolute Gasteiger partial charge is 0.507 e. The van der Waals surface area contributed by atoms with E-state index in [9.17, 15) is 10.2 Å². The minimum Gasteiger partial charge on any atom is -0.507 e. The van der Waals surface area contributed by atoms with E-state index < -0.39 is 6.10 Å². The van der Waals surface area contributed by atoms with Gasteiger partial charge in [-0.25, -0.2) is 0 Å². The van der Waals surface area contributed by atoms with Gasteiger partial charge < -0.3 is 10.2 Å². The second-order valence-corrected chi connectivity index (χ2v) is 3.89. The molecule has 0 fully saturated rings. The average molecular weight is 206 g/mol. The van der Waals surface area contributed by atoms with Crippen molar-refractivity contribution < 1.29 is 10.2 Å². The summed E-state index contributed by atoms with van der Waals surface area (Å²) in [4.78, 5) is 0. The highest BCUT2D eigenvalue weighted by Crippen LogP contribution is 2.27. The number of aryl methyl sites for hydroxylation is 2. The molecule has 1 aromatic carbocycles. The van der Waals surface area contributed by atoms with Crippen molar-refractivity contribution in [3.63, 3.8) is 0 Å². The minimum absolute atomic E-state index is 0.315. The number of allylic oxidation sites excluding steroid dienone is 1. The number of aromatic hydroxyl groups is 1. The first-order chi connectivity index (χ1) is 7.06. The molecule has 0 aliphatic carbocycles. The Kier molecular flexibility index (Phi) is 3.92. The molecule has 0 aromatic heterocycles. The van der Waals surface area contributed by atoms with Gasteiger partial charge in [-0.1, -0.05) is 6.08 Å². The standard InChI is InChI=1S/C13H18O2/c1-4-5-6-12(14)11-7-9(2)13(15)10(3)8-11/h4,7-8,12,14-15H,1,5-6H2,2-3H3. The summed E-state index contributed by atoms with van der Waals surface area (Å²) >= 11 is 0. The van der Waals surface area contributed by atoms with E-state index in [0.717, 1.165) is 23.1 Å². The molecule has 15 heavy (non-hydrogen) atoms. The Morgan fingerprint density at radius 2 is 1.87 bits per heavy atom. The molecule has 0 spiro atoms. The molecular weight excluding hydrogens is 188 g/mol. The van der Waals surface area contributed by atoms with E-state index in [-0.39, 0.29) is 0 Å². The van der Waals surface area contributed by atoms with Gasteiger partial charge in [-0.3, -0.25) is 0 Å². The third kappa shape index (κ3) is 2.83. The minimum atomic E-state index is -0.471. The first kappa shape index (κ1) is 11.8. The van der Waals surface area contributed by atoms with E-state index in [4.69, 9.17) is 0 Å². The molecule has 0 saturated carbocycles. The highest BCUT2D eigenvalue weighted by Gasteiger charge is 2.10. The number of hydrogen-bond acceptors (Lipinski definition) is 2. The van der Waals surface area contributed by atoms with Crippen LogP contribution in [0.3, 0.4) is 0 Å². The van der Waals surface area contributed by atoms with Gasteiger partial charge in [0.15, 0.2) is 0 Å². The van der Waals surface area contributed by atoms with E-state index in [1.165, 1.54) is 0 Å². The predicted molar refractivity (Wildman–Crippen MR) is 62.0 cm³/mol. The van der Waals surface area contributed by atoms with Gasteiger partial charge in [0.2, 0.25) is 0 Å². The zero-order valence-corrected chi connectivity index (χ0v) is 9.33. The maximum absolute atomic E-state index is 9.86. The van der Waals surface area contributed by atoms with Crippen LogP contribution in [0.4, 0.5) is 0 Å². The van der Waals surface area contributed by atoms with Crippen molar-refractivity contribution in [2.24, 2.45) is 0 Å². The lowest BCUT2D eigenvalue weighted by Crippen LogP contribution is -1.98. The van der Waals surface area contributed by atoms with E-state index in [1.807, 2.05) is 26.0 Å². The lowest BCUT2D eigenvalue weighted by atomic mass is 9.99. The fraction of sp³-hybridized carbons (Fsp3) is 0.385. The third-order valence-corrected chi connectivity index (χ3v) is 2.54. The summed E-state index contributed by atoms with van der Waals surface area (Å²) in [6.45, 7) is 7.30. The molecule has 0 radical (unpaired) electrons. The summed E-state index contributed by atoms with van der Waals surface area (Å²) in [5, 5.41) is 19.5.